The van der Waals surface area contributed by atoms with Crippen LogP contribution >= 0.6 is 0 Å². The fourth-order valence-electron chi connectivity index (χ4n) is 2.98. The van der Waals surface area contributed by atoms with E-state index in [4.69, 9.17) is 0 Å². The molecule has 0 aliphatic carbocycles. The summed E-state index contributed by atoms with van der Waals surface area (Å²) in [5.74, 6) is 0. The molecule has 0 aromatic heterocycles. The summed E-state index contributed by atoms with van der Waals surface area (Å²) in [7, 11) is 0. The van der Waals surface area contributed by atoms with Gasteiger partial charge in [-0.3, -0.25) is 0 Å². The molecule has 0 atom stereocenters. The Balaban J connectivity index is 2.06. The van der Waals surface area contributed by atoms with Crippen LogP contribution in [0.25, 0.3) is 11.1 Å². The molecule has 1 aliphatic rings. The SMILES string of the molecule is Cc1c(-c2ccccc2C#N)cccc1N1CCNCC1. The zero-order valence-corrected chi connectivity index (χ0v) is 12.3. The van der Waals surface area contributed by atoms with Crippen molar-refractivity contribution in [1.29, 1.82) is 5.26 Å². The van der Waals surface area contributed by atoms with Gasteiger partial charge >= 0.3 is 0 Å². The lowest BCUT2D eigenvalue weighted by atomic mass is 9.95. The van der Waals surface area contributed by atoms with Crippen molar-refractivity contribution >= 4 is 5.69 Å². The van der Waals surface area contributed by atoms with E-state index in [0.717, 1.165) is 42.9 Å². The minimum atomic E-state index is 0.734. The molecule has 0 saturated carbocycles. The summed E-state index contributed by atoms with van der Waals surface area (Å²) in [6.07, 6.45) is 0. The van der Waals surface area contributed by atoms with Crippen LogP contribution in [0.3, 0.4) is 0 Å². The lowest BCUT2D eigenvalue weighted by molar-refractivity contribution is 0.588. The van der Waals surface area contributed by atoms with E-state index < -0.39 is 0 Å². The van der Waals surface area contributed by atoms with E-state index in [-0.39, 0.29) is 0 Å². The molecule has 2 aromatic rings. The molecule has 1 heterocycles. The Hall–Kier alpha value is -2.31. The molecule has 3 rings (SSSR count). The van der Waals surface area contributed by atoms with Crippen LogP contribution < -0.4 is 10.2 Å². The lowest BCUT2D eigenvalue weighted by Gasteiger charge is -2.31. The molecule has 1 aliphatic heterocycles. The second-order valence-corrected chi connectivity index (χ2v) is 5.34. The third kappa shape index (κ3) is 2.63. The van der Waals surface area contributed by atoms with Gasteiger partial charge < -0.3 is 10.2 Å². The van der Waals surface area contributed by atoms with Gasteiger partial charge in [-0.1, -0.05) is 30.3 Å². The summed E-state index contributed by atoms with van der Waals surface area (Å²) in [6.45, 7) is 6.27. The van der Waals surface area contributed by atoms with Crippen molar-refractivity contribution in [3.05, 3.63) is 53.6 Å². The van der Waals surface area contributed by atoms with Crippen molar-refractivity contribution in [3.63, 3.8) is 0 Å². The number of hydrogen-bond acceptors (Lipinski definition) is 3. The van der Waals surface area contributed by atoms with Crippen molar-refractivity contribution in [2.75, 3.05) is 31.1 Å². The van der Waals surface area contributed by atoms with E-state index in [1.807, 2.05) is 24.3 Å². The predicted octanol–water partition coefficient (Wildman–Crippen LogP) is 2.94. The second kappa shape index (κ2) is 5.99. The minimum absolute atomic E-state index is 0.734. The Labute approximate surface area is 125 Å². The van der Waals surface area contributed by atoms with Crippen LogP contribution in [0.5, 0.6) is 0 Å². The molecule has 3 heteroatoms. The third-order valence-electron chi connectivity index (χ3n) is 4.10. The van der Waals surface area contributed by atoms with Gasteiger partial charge in [0.25, 0.3) is 0 Å². The number of nitrogens with zero attached hydrogens (tertiary/aromatic N) is 2. The average Bonchev–Trinajstić information content (AvgIpc) is 2.56. The number of nitriles is 1. The summed E-state index contributed by atoms with van der Waals surface area (Å²) < 4.78 is 0. The Morgan fingerprint density at radius 2 is 1.71 bits per heavy atom. The standard InChI is InChI=1S/C18H19N3/c1-14-16(17-6-3-2-5-15(17)13-19)7-4-8-18(14)21-11-9-20-10-12-21/h2-8,20H,9-12H2,1H3. The zero-order chi connectivity index (χ0) is 14.7. The maximum Gasteiger partial charge on any atom is 0.0998 e. The van der Waals surface area contributed by atoms with Gasteiger partial charge in [-0.2, -0.15) is 5.26 Å². The molecule has 106 valence electrons. The molecule has 1 N–H and O–H groups in total. The molecule has 0 amide bonds. The van der Waals surface area contributed by atoms with E-state index in [1.165, 1.54) is 11.3 Å². The highest BCUT2D eigenvalue weighted by Crippen LogP contribution is 2.32. The predicted molar refractivity (Wildman–Crippen MR) is 86.4 cm³/mol. The minimum Gasteiger partial charge on any atom is -0.369 e. The normalized spacial score (nSPS) is 14.8. The van der Waals surface area contributed by atoms with E-state index in [2.05, 4.69) is 41.4 Å². The third-order valence-corrected chi connectivity index (χ3v) is 4.10. The van der Waals surface area contributed by atoms with Crippen molar-refractivity contribution in [3.8, 4) is 17.2 Å². The summed E-state index contributed by atoms with van der Waals surface area (Å²) in [5.41, 5.74) is 5.44. The van der Waals surface area contributed by atoms with Crippen LogP contribution in [-0.4, -0.2) is 26.2 Å². The molecule has 1 fully saturated rings. The molecule has 0 unspecified atom stereocenters. The van der Waals surface area contributed by atoms with E-state index >= 15 is 0 Å². The fraction of sp³-hybridized carbons (Fsp3) is 0.278. The number of piperazine rings is 1. The first-order valence-corrected chi connectivity index (χ1v) is 7.36. The van der Waals surface area contributed by atoms with Crippen molar-refractivity contribution in [2.24, 2.45) is 0 Å². The quantitative estimate of drug-likeness (QED) is 0.917. The smallest absolute Gasteiger partial charge is 0.0998 e. The van der Waals surface area contributed by atoms with Gasteiger partial charge in [0.1, 0.15) is 0 Å². The highest BCUT2D eigenvalue weighted by atomic mass is 15.2. The maximum atomic E-state index is 9.32. The van der Waals surface area contributed by atoms with Crippen LogP contribution in [0.1, 0.15) is 11.1 Å². The van der Waals surface area contributed by atoms with Gasteiger partial charge in [0.05, 0.1) is 11.6 Å². The second-order valence-electron chi connectivity index (χ2n) is 5.34. The molecule has 0 spiro atoms. The summed E-state index contributed by atoms with van der Waals surface area (Å²) in [6, 6.07) is 16.5. The molecule has 2 aromatic carbocycles. The maximum absolute atomic E-state index is 9.32. The summed E-state index contributed by atoms with van der Waals surface area (Å²) in [5, 5.41) is 12.7. The molecule has 0 bridgehead atoms. The highest BCUT2D eigenvalue weighted by Gasteiger charge is 2.15. The van der Waals surface area contributed by atoms with E-state index in [1.54, 1.807) is 0 Å². The van der Waals surface area contributed by atoms with Gasteiger partial charge in [0.15, 0.2) is 0 Å². The van der Waals surface area contributed by atoms with Gasteiger partial charge in [-0.25, -0.2) is 0 Å². The van der Waals surface area contributed by atoms with Crippen LogP contribution in [0.4, 0.5) is 5.69 Å². The summed E-state index contributed by atoms with van der Waals surface area (Å²) in [4.78, 5) is 2.42. The highest BCUT2D eigenvalue weighted by molar-refractivity contribution is 5.78. The molecular weight excluding hydrogens is 258 g/mol. The molecule has 3 nitrogen and oxygen atoms in total. The van der Waals surface area contributed by atoms with Crippen LogP contribution in [0.2, 0.25) is 0 Å². The number of hydrogen-bond donors (Lipinski definition) is 1. The first-order valence-electron chi connectivity index (χ1n) is 7.36. The zero-order valence-electron chi connectivity index (χ0n) is 12.3. The lowest BCUT2D eigenvalue weighted by Crippen LogP contribution is -2.43. The first-order chi connectivity index (χ1) is 10.3. The Morgan fingerprint density at radius 3 is 2.48 bits per heavy atom. The van der Waals surface area contributed by atoms with Gasteiger partial charge in [-0.15, -0.1) is 0 Å². The molecular formula is C18H19N3. The van der Waals surface area contributed by atoms with Gasteiger partial charge in [0.2, 0.25) is 0 Å². The van der Waals surface area contributed by atoms with Crippen molar-refractivity contribution in [1.82, 2.24) is 5.32 Å². The van der Waals surface area contributed by atoms with Crippen LogP contribution in [-0.2, 0) is 0 Å². The average molecular weight is 277 g/mol. The number of anilines is 1. The number of rotatable bonds is 2. The Kier molecular flexibility index (Phi) is 3.89. The number of benzene rings is 2. The van der Waals surface area contributed by atoms with Crippen molar-refractivity contribution < 1.29 is 0 Å². The van der Waals surface area contributed by atoms with Crippen LogP contribution in [0.15, 0.2) is 42.5 Å². The van der Waals surface area contributed by atoms with Crippen LogP contribution in [0, 0.1) is 18.3 Å². The van der Waals surface area contributed by atoms with Crippen molar-refractivity contribution in [2.45, 2.75) is 6.92 Å². The molecule has 1 saturated heterocycles. The largest absolute Gasteiger partial charge is 0.369 e. The van der Waals surface area contributed by atoms with Gasteiger partial charge in [0, 0.05) is 31.9 Å². The summed E-state index contributed by atoms with van der Waals surface area (Å²) >= 11 is 0. The molecule has 0 radical (unpaired) electrons. The monoisotopic (exact) mass is 277 g/mol. The van der Waals surface area contributed by atoms with E-state index in [9.17, 15) is 5.26 Å². The van der Waals surface area contributed by atoms with Gasteiger partial charge in [-0.05, 0) is 35.7 Å². The topological polar surface area (TPSA) is 39.1 Å². The van der Waals surface area contributed by atoms with E-state index in [0.29, 0.717) is 0 Å². The Bertz CT molecular complexity index is 679. The molecule has 21 heavy (non-hydrogen) atoms. The Morgan fingerprint density at radius 1 is 1.00 bits per heavy atom. The number of nitrogens with one attached hydrogen (secondary N) is 1. The fourth-order valence-corrected chi connectivity index (χ4v) is 2.98. The first kappa shape index (κ1) is 13.7.